The first-order valence-electron chi connectivity index (χ1n) is 9.68. The number of rotatable bonds is 6. The van der Waals surface area contributed by atoms with E-state index in [1.165, 1.54) is 28.5 Å². The van der Waals surface area contributed by atoms with Gasteiger partial charge in [0.1, 0.15) is 5.78 Å². The van der Waals surface area contributed by atoms with Crippen LogP contribution >= 0.6 is 11.8 Å². The second kappa shape index (κ2) is 13.5. The molecular weight excluding hydrogens is 356 g/mol. The van der Waals surface area contributed by atoms with E-state index in [9.17, 15) is 9.59 Å². The molecule has 2 amide bonds. The third kappa shape index (κ3) is 11.6. The van der Waals surface area contributed by atoms with Crippen LogP contribution in [0.1, 0.15) is 77.0 Å². The van der Waals surface area contributed by atoms with E-state index in [1.54, 1.807) is 6.92 Å². The van der Waals surface area contributed by atoms with Crippen molar-refractivity contribution in [1.82, 2.24) is 5.32 Å². The maximum atomic E-state index is 11.3. The number of ketones is 1. The topological polar surface area (TPSA) is 58.5 Å². The summed E-state index contributed by atoms with van der Waals surface area (Å²) in [6.45, 7) is 16.3. The minimum Gasteiger partial charge on any atom is -0.334 e. The molecule has 0 saturated heterocycles. The van der Waals surface area contributed by atoms with Crippen molar-refractivity contribution in [3.05, 3.63) is 34.9 Å². The lowest BCUT2D eigenvalue weighted by atomic mass is 9.97. The number of amides is 2. The van der Waals surface area contributed by atoms with Crippen LogP contribution in [0.2, 0.25) is 0 Å². The standard InChI is InChI=1S/C11H20N2O2S.C11H16/c1-5-8(3)12-11(15)13-9(4)16-7-10(14)6-2;1-8(2)11-6-5-9(3)7-10(11)4/h8H,5-7H2,1-4H3,(H,12,15);5-8H,1-4H3/b13-9-;. The van der Waals surface area contributed by atoms with Crippen molar-refractivity contribution in [3.63, 3.8) is 0 Å². The largest absolute Gasteiger partial charge is 0.341 e. The molecule has 0 aliphatic carbocycles. The van der Waals surface area contributed by atoms with E-state index >= 15 is 0 Å². The minimum absolute atomic E-state index is 0.131. The molecule has 152 valence electrons. The summed E-state index contributed by atoms with van der Waals surface area (Å²) >= 11 is 1.31. The lowest BCUT2D eigenvalue weighted by molar-refractivity contribution is -0.116. The van der Waals surface area contributed by atoms with Crippen LogP contribution in [-0.4, -0.2) is 28.7 Å². The lowest BCUT2D eigenvalue weighted by Crippen LogP contribution is -2.29. The molecule has 0 radical (unpaired) electrons. The van der Waals surface area contributed by atoms with Gasteiger partial charge in [-0.3, -0.25) is 4.79 Å². The summed E-state index contributed by atoms with van der Waals surface area (Å²) in [5.41, 5.74) is 4.24. The molecule has 4 nitrogen and oxygen atoms in total. The molecule has 1 rings (SSSR count). The maximum Gasteiger partial charge on any atom is 0.341 e. The molecule has 1 atom stereocenters. The van der Waals surface area contributed by atoms with Crippen molar-refractivity contribution < 1.29 is 9.59 Å². The SMILES string of the molecule is CCC(=O)CS/C(C)=N\C(=O)NC(C)CC.Cc1ccc(C(C)C)c(C)c1. The van der Waals surface area contributed by atoms with Gasteiger partial charge in [0.25, 0.3) is 0 Å². The van der Waals surface area contributed by atoms with Crippen LogP contribution in [0.3, 0.4) is 0 Å². The highest BCUT2D eigenvalue weighted by atomic mass is 32.2. The lowest BCUT2D eigenvalue weighted by Gasteiger charge is -2.09. The van der Waals surface area contributed by atoms with Gasteiger partial charge in [-0.25, -0.2) is 4.79 Å². The number of hydrogen-bond acceptors (Lipinski definition) is 3. The zero-order chi connectivity index (χ0) is 21.0. The zero-order valence-electron chi connectivity index (χ0n) is 18.2. The Morgan fingerprint density at radius 2 is 1.78 bits per heavy atom. The molecule has 0 aliphatic rings. The molecule has 0 bridgehead atoms. The zero-order valence-corrected chi connectivity index (χ0v) is 19.0. The first-order valence-corrected chi connectivity index (χ1v) is 10.7. The third-order valence-electron chi connectivity index (χ3n) is 4.12. The number of carbonyl (C=O) groups is 2. The molecule has 0 spiro atoms. The van der Waals surface area contributed by atoms with Crippen LogP contribution in [0, 0.1) is 13.8 Å². The highest BCUT2D eigenvalue weighted by Crippen LogP contribution is 2.19. The van der Waals surface area contributed by atoms with Crippen LogP contribution < -0.4 is 5.32 Å². The Hall–Kier alpha value is -1.62. The first-order chi connectivity index (χ1) is 12.6. The number of urea groups is 1. The van der Waals surface area contributed by atoms with Gasteiger partial charge in [-0.05, 0) is 51.2 Å². The van der Waals surface area contributed by atoms with Crippen LogP contribution in [0.25, 0.3) is 0 Å². The van der Waals surface area contributed by atoms with Gasteiger partial charge in [-0.15, -0.1) is 11.8 Å². The number of aryl methyl sites for hydroxylation is 2. The number of Topliss-reactive ketones (excluding diaryl/α,β-unsaturated/α-hetero) is 1. The quantitative estimate of drug-likeness (QED) is 0.473. The number of nitrogens with one attached hydrogen (secondary N) is 1. The fourth-order valence-corrected chi connectivity index (χ4v) is 3.00. The van der Waals surface area contributed by atoms with E-state index in [0.29, 0.717) is 23.1 Å². The second-order valence-corrected chi connectivity index (χ2v) is 8.25. The normalized spacial score (nSPS) is 12.3. The number of nitrogens with zero attached hydrogens (tertiary/aromatic N) is 1. The molecule has 1 aromatic rings. The summed E-state index contributed by atoms with van der Waals surface area (Å²) < 4.78 is 0. The average molecular weight is 393 g/mol. The highest BCUT2D eigenvalue weighted by Gasteiger charge is 2.05. The summed E-state index contributed by atoms with van der Waals surface area (Å²) in [6, 6.07) is 6.46. The van der Waals surface area contributed by atoms with Gasteiger partial charge >= 0.3 is 6.03 Å². The summed E-state index contributed by atoms with van der Waals surface area (Å²) in [4.78, 5) is 26.2. The van der Waals surface area contributed by atoms with Gasteiger partial charge in [0.15, 0.2) is 0 Å². The predicted molar refractivity (Wildman–Crippen MR) is 119 cm³/mol. The fraction of sp³-hybridized carbons (Fsp3) is 0.591. The van der Waals surface area contributed by atoms with E-state index in [2.05, 4.69) is 56.2 Å². The summed E-state index contributed by atoms with van der Waals surface area (Å²) in [7, 11) is 0. The van der Waals surface area contributed by atoms with Crippen molar-refractivity contribution in [3.8, 4) is 0 Å². The number of aliphatic imine (C=N–C) groups is 1. The van der Waals surface area contributed by atoms with E-state index in [0.717, 1.165) is 6.42 Å². The monoisotopic (exact) mass is 392 g/mol. The molecule has 0 aliphatic heterocycles. The molecule has 1 N–H and O–H groups in total. The summed E-state index contributed by atoms with van der Waals surface area (Å²) in [5.74, 6) is 1.21. The Balaban J connectivity index is 0.000000533. The Kier molecular flexibility index (Phi) is 12.7. The Morgan fingerprint density at radius 1 is 1.15 bits per heavy atom. The fourth-order valence-electron chi connectivity index (χ4n) is 2.28. The van der Waals surface area contributed by atoms with E-state index < -0.39 is 0 Å². The average Bonchev–Trinajstić information content (AvgIpc) is 2.59. The molecule has 0 fully saturated rings. The smallest absolute Gasteiger partial charge is 0.334 e. The molecule has 27 heavy (non-hydrogen) atoms. The third-order valence-corrected chi connectivity index (χ3v) is 5.10. The van der Waals surface area contributed by atoms with Gasteiger partial charge in [-0.1, -0.05) is 51.5 Å². The van der Waals surface area contributed by atoms with E-state index in [1.807, 2.05) is 20.8 Å². The molecular formula is C22H36N2O2S. The molecule has 0 aromatic heterocycles. The van der Waals surface area contributed by atoms with Gasteiger partial charge in [0, 0.05) is 12.5 Å². The molecule has 0 saturated carbocycles. The molecule has 0 heterocycles. The summed E-state index contributed by atoms with van der Waals surface area (Å²) in [5, 5.41) is 3.36. The van der Waals surface area contributed by atoms with Crippen molar-refractivity contribution in [2.24, 2.45) is 4.99 Å². The van der Waals surface area contributed by atoms with Crippen molar-refractivity contribution in [2.75, 3.05) is 5.75 Å². The van der Waals surface area contributed by atoms with Crippen LogP contribution in [-0.2, 0) is 4.79 Å². The van der Waals surface area contributed by atoms with Gasteiger partial charge in [-0.2, -0.15) is 4.99 Å². The van der Waals surface area contributed by atoms with E-state index in [4.69, 9.17) is 0 Å². The maximum absolute atomic E-state index is 11.3. The molecule has 1 unspecified atom stereocenters. The molecule has 5 heteroatoms. The predicted octanol–water partition coefficient (Wildman–Crippen LogP) is 6.05. The Labute approximate surface area is 169 Å². The van der Waals surface area contributed by atoms with Crippen LogP contribution in [0.4, 0.5) is 4.79 Å². The highest BCUT2D eigenvalue weighted by molar-refractivity contribution is 8.14. The van der Waals surface area contributed by atoms with Crippen molar-refractivity contribution in [1.29, 1.82) is 0 Å². The minimum atomic E-state index is -0.330. The Bertz CT molecular complexity index is 639. The number of carbonyl (C=O) groups excluding carboxylic acids is 2. The van der Waals surface area contributed by atoms with E-state index in [-0.39, 0.29) is 17.9 Å². The van der Waals surface area contributed by atoms with Crippen molar-refractivity contribution in [2.45, 2.75) is 80.2 Å². The number of thioether (sulfide) groups is 1. The Morgan fingerprint density at radius 3 is 2.26 bits per heavy atom. The van der Waals surface area contributed by atoms with Crippen LogP contribution in [0.15, 0.2) is 23.2 Å². The van der Waals surface area contributed by atoms with Crippen LogP contribution in [0.5, 0.6) is 0 Å². The van der Waals surface area contributed by atoms with Crippen molar-refractivity contribution >= 4 is 28.6 Å². The van der Waals surface area contributed by atoms with Gasteiger partial charge < -0.3 is 5.32 Å². The summed E-state index contributed by atoms with van der Waals surface area (Å²) in [6.07, 6.45) is 1.40. The van der Waals surface area contributed by atoms with Gasteiger partial charge in [0.2, 0.25) is 0 Å². The number of hydrogen-bond donors (Lipinski definition) is 1. The number of benzene rings is 1. The van der Waals surface area contributed by atoms with Gasteiger partial charge in [0.05, 0.1) is 10.8 Å². The molecule has 1 aromatic carbocycles. The first kappa shape index (κ1) is 25.4. The second-order valence-electron chi connectivity index (χ2n) is 7.09.